The summed E-state index contributed by atoms with van der Waals surface area (Å²) in [4.78, 5) is 40.1. The van der Waals surface area contributed by atoms with Crippen LogP contribution in [0.1, 0.15) is 21.5 Å². The Morgan fingerprint density at radius 2 is 1.78 bits per heavy atom. The number of carbonyl (C=O) groups excluding carboxylic acids is 1. The van der Waals surface area contributed by atoms with E-state index in [4.69, 9.17) is 0 Å². The highest BCUT2D eigenvalue weighted by Crippen LogP contribution is 2.29. The zero-order chi connectivity index (χ0) is 19.0. The Bertz CT molecular complexity index is 1180. The van der Waals surface area contributed by atoms with Gasteiger partial charge in [-0.15, -0.1) is 0 Å². The van der Waals surface area contributed by atoms with E-state index < -0.39 is 5.69 Å². The third kappa shape index (κ3) is 3.10. The second kappa shape index (κ2) is 6.72. The van der Waals surface area contributed by atoms with Gasteiger partial charge in [0.05, 0.1) is 0 Å². The van der Waals surface area contributed by atoms with Crippen LogP contribution in [-0.2, 0) is 13.1 Å². The first-order chi connectivity index (χ1) is 13.0. The van der Waals surface area contributed by atoms with Crippen LogP contribution in [0.25, 0.3) is 10.8 Å². The average Bonchev–Trinajstić information content (AvgIpc) is 2.66. The summed E-state index contributed by atoms with van der Waals surface area (Å²) in [6.45, 7) is 3.02. The Balaban J connectivity index is 1.51. The SMILES string of the molecule is Cc1cn(C/C=C\CN2Cc3cccc4cccc(c34)C2=O)c(=O)[nH]c1=O. The molecule has 6 heteroatoms. The van der Waals surface area contributed by atoms with Gasteiger partial charge in [-0.25, -0.2) is 4.79 Å². The molecule has 136 valence electrons. The number of hydrogen-bond donors (Lipinski definition) is 1. The molecular weight excluding hydrogens is 342 g/mol. The molecule has 1 aliphatic rings. The number of aromatic nitrogens is 2. The number of rotatable bonds is 4. The summed E-state index contributed by atoms with van der Waals surface area (Å²) in [6, 6.07) is 11.9. The Hall–Kier alpha value is -3.41. The Morgan fingerprint density at radius 1 is 1.04 bits per heavy atom. The highest BCUT2D eigenvalue weighted by molar-refractivity contribution is 6.10. The summed E-state index contributed by atoms with van der Waals surface area (Å²) in [7, 11) is 0. The summed E-state index contributed by atoms with van der Waals surface area (Å²) >= 11 is 0. The topological polar surface area (TPSA) is 75.2 Å². The van der Waals surface area contributed by atoms with Crippen molar-refractivity contribution in [1.29, 1.82) is 0 Å². The normalized spacial score (nSPS) is 13.7. The van der Waals surface area contributed by atoms with E-state index in [9.17, 15) is 14.4 Å². The maximum Gasteiger partial charge on any atom is 0.328 e. The molecule has 2 aromatic carbocycles. The third-order valence-electron chi connectivity index (χ3n) is 4.85. The summed E-state index contributed by atoms with van der Waals surface area (Å²) in [6.07, 6.45) is 5.24. The van der Waals surface area contributed by atoms with E-state index in [-0.39, 0.29) is 11.5 Å². The standard InChI is InChI=1S/C21H19N3O3/c1-14-12-24(21(27)22-19(14)25)11-3-2-10-23-13-16-8-4-6-15-7-5-9-17(18(15)16)20(23)26/h2-9,12H,10-11,13H2,1H3,(H,22,25,27)/b3-2-. The number of benzene rings is 2. The van der Waals surface area contributed by atoms with Crippen molar-refractivity contribution in [2.24, 2.45) is 0 Å². The minimum absolute atomic E-state index is 0.0148. The molecule has 1 aromatic heterocycles. The fraction of sp³-hybridized carbons (Fsp3) is 0.190. The highest BCUT2D eigenvalue weighted by atomic mass is 16.2. The van der Waals surface area contributed by atoms with Crippen molar-refractivity contribution in [2.75, 3.05) is 6.54 Å². The third-order valence-corrected chi connectivity index (χ3v) is 4.85. The number of aryl methyl sites for hydroxylation is 1. The lowest BCUT2D eigenvalue weighted by atomic mass is 9.95. The molecule has 1 aliphatic heterocycles. The minimum atomic E-state index is -0.440. The predicted octanol–water partition coefficient (Wildman–Crippen LogP) is 2.21. The molecule has 0 bridgehead atoms. The average molecular weight is 361 g/mol. The van der Waals surface area contributed by atoms with Gasteiger partial charge in [0, 0.05) is 37.0 Å². The van der Waals surface area contributed by atoms with E-state index in [0.717, 1.165) is 21.9 Å². The van der Waals surface area contributed by atoms with Crippen LogP contribution in [0.5, 0.6) is 0 Å². The van der Waals surface area contributed by atoms with Crippen LogP contribution >= 0.6 is 0 Å². The molecule has 3 aromatic rings. The summed E-state index contributed by atoms with van der Waals surface area (Å²) in [5.41, 5.74) is 1.55. The van der Waals surface area contributed by atoms with Gasteiger partial charge in [-0.1, -0.05) is 42.5 Å². The van der Waals surface area contributed by atoms with Crippen LogP contribution in [0, 0.1) is 6.92 Å². The van der Waals surface area contributed by atoms with Gasteiger partial charge in [0.1, 0.15) is 0 Å². The van der Waals surface area contributed by atoms with E-state index >= 15 is 0 Å². The number of allylic oxidation sites excluding steroid dienone is 1. The summed E-state index contributed by atoms with van der Waals surface area (Å²) < 4.78 is 1.43. The van der Waals surface area contributed by atoms with Gasteiger partial charge in [-0.05, 0) is 29.3 Å². The van der Waals surface area contributed by atoms with Crippen molar-refractivity contribution in [3.05, 3.63) is 92.3 Å². The second-order valence-electron chi connectivity index (χ2n) is 6.70. The fourth-order valence-electron chi connectivity index (χ4n) is 3.47. The van der Waals surface area contributed by atoms with Gasteiger partial charge in [0.25, 0.3) is 11.5 Å². The first-order valence-corrected chi connectivity index (χ1v) is 8.80. The minimum Gasteiger partial charge on any atom is -0.331 e. The molecule has 27 heavy (non-hydrogen) atoms. The van der Waals surface area contributed by atoms with E-state index in [0.29, 0.717) is 25.2 Å². The molecule has 0 spiro atoms. The molecule has 0 saturated carbocycles. The maximum atomic E-state index is 12.8. The highest BCUT2D eigenvalue weighted by Gasteiger charge is 2.24. The van der Waals surface area contributed by atoms with Gasteiger partial charge in [0.15, 0.2) is 0 Å². The largest absolute Gasteiger partial charge is 0.331 e. The van der Waals surface area contributed by atoms with Crippen LogP contribution in [0.15, 0.2) is 64.3 Å². The second-order valence-corrected chi connectivity index (χ2v) is 6.70. The van der Waals surface area contributed by atoms with Gasteiger partial charge >= 0.3 is 5.69 Å². The van der Waals surface area contributed by atoms with E-state index in [1.54, 1.807) is 11.8 Å². The monoisotopic (exact) mass is 361 g/mol. The van der Waals surface area contributed by atoms with Crippen molar-refractivity contribution in [1.82, 2.24) is 14.5 Å². The Kier molecular flexibility index (Phi) is 4.24. The lowest BCUT2D eigenvalue weighted by Crippen LogP contribution is -2.34. The Morgan fingerprint density at radius 3 is 2.59 bits per heavy atom. The Labute approximate surface area is 155 Å². The fourth-order valence-corrected chi connectivity index (χ4v) is 3.47. The molecule has 0 radical (unpaired) electrons. The molecule has 6 nitrogen and oxygen atoms in total. The molecule has 2 heterocycles. The van der Waals surface area contributed by atoms with Crippen molar-refractivity contribution >= 4 is 16.7 Å². The molecular formula is C21H19N3O3. The number of hydrogen-bond acceptors (Lipinski definition) is 3. The number of nitrogens with zero attached hydrogens (tertiary/aromatic N) is 2. The van der Waals surface area contributed by atoms with Crippen LogP contribution in [0.3, 0.4) is 0 Å². The number of nitrogens with one attached hydrogen (secondary N) is 1. The predicted molar refractivity (Wildman–Crippen MR) is 104 cm³/mol. The van der Waals surface area contributed by atoms with E-state index in [2.05, 4.69) is 11.1 Å². The lowest BCUT2D eigenvalue weighted by Gasteiger charge is -2.28. The van der Waals surface area contributed by atoms with Crippen LogP contribution in [0.4, 0.5) is 0 Å². The summed E-state index contributed by atoms with van der Waals surface area (Å²) in [5.74, 6) is 0.0148. The smallest absolute Gasteiger partial charge is 0.328 e. The quantitative estimate of drug-likeness (QED) is 0.724. The first-order valence-electron chi connectivity index (χ1n) is 8.80. The number of carbonyl (C=O) groups is 1. The van der Waals surface area contributed by atoms with Gasteiger partial charge in [-0.3, -0.25) is 19.1 Å². The number of aromatic amines is 1. The zero-order valence-corrected chi connectivity index (χ0v) is 14.9. The van der Waals surface area contributed by atoms with Gasteiger partial charge in [-0.2, -0.15) is 0 Å². The van der Waals surface area contributed by atoms with Crippen LogP contribution < -0.4 is 11.2 Å². The molecule has 1 N–H and O–H groups in total. The van der Waals surface area contributed by atoms with E-state index in [1.807, 2.05) is 42.5 Å². The molecule has 0 aliphatic carbocycles. The van der Waals surface area contributed by atoms with Crippen molar-refractivity contribution in [3.63, 3.8) is 0 Å². The molecule has 0 fully saturated rings. The molecule has 1 amide bonds. The van der Waals surface area contributed by atoms with Crippen LogP contribution in [-0.4, -0.2) is 26.9 Å². The number of amides is 1. The van der Waals surface area contributed by atoms with Crippen molar-refractivity contribution in [2.45, 2.75) is 20.0 Å². The number of H-pyrrole nitrogens is 1. The van der Waals surface area contributed by atoms with E-state index in [1.165, 1.54) is 10.8 Å². The molecule has 4 rings (SSSR count). The first kappa shape index (κ1) is 17.0. The van der Waals surface area contributed by atoms with Gasteiger partial charge < -0.3 is 4.90 Å². The maximum absolute atomic E-state index is 12.8. The van der Waals surface area contributed by atoms with Gasteiger partial charge in [0.2, 0.25) is 0 Å². The lowest BCUT2D eigenvalue weighted by molar-refractivity contribution is 0.0757. The summed E-state index contributed by atoms with van der Waals surface area (Å²) in [5, 5.41) is 2.13. The zero-order valence-electron chi connectivity index (χ0n) is 14.9. The van der Waals surface area contributed by atoms with Crippen molar-refractivity contribution in [3.8, 4) is 0 Å². The van der Waals surface area contributed by atoms with Crippen LogP contribution in [0.2, 0.25) is 0 Å². The molecule has 0 unspecified atom stereocenters. The molecule has 0 saturated heterocycles. The molecule has 0 atom stereocenters. The van der Waals surface area contributed by atoms with Crippen molar-refractivity contribution < 1.29 is 4.79 Å².